The summed E-state index contributed by atoms with van der Waals surface area (Å²) in [5.41, 5.74) is -1.27. The number of nitrogens with one attached hydrogen (secondary N) is 1. The maximum Gasteiger partial charge on any atom is 0.416 e. The molecule has 0 aliphatic carbocycles. The second-order valence-corrected chi connectivity index (χ2v) is 5.00. The standard InChI is InChI=1S/C16H13F3N2O5/c1-25-12-6-7-13(14(8-12)21(23)24)20-15(22)9-26-11-4-2-10(3-5-11)16(17,18)19/h2-8H,9H2,1H3,(H,20,22). The Labute approximate surface area is 145 Å². The van der Waals surface area contributed by atoms with Gasteiger partial charge in [-0.15, -0.1) is 0 Å². The molecule has 0 aliphatic rings. The number of methoxy groups -OCH3 is 1. The number of alkyl halides is 3. The molecule has 0 unspecified atom stereocenters. The van der Waals surface area contributed by atoms with Crippen molar-refractivity contribution in [2.75, 3.05) is 19.0 Å². The minimum Gasteiger partial charge on any atom is -0.496 e. The summed E-state index contributed by atoms with van der Waals surface area (Å²) in [7, 11) is 1.34. The minimum absolute atomic E-state index is 0.0531. The van der Waals surface area contributed by atoms with E-state index >= 15 is 0 Å². The highest BCUT2D eigenvalue weighted by atomic mass is 19.4. The van der Waals surface area contributed by atoms with E-state index in [0.29, 0.717) is 0 Å². The summed E-state index contributed by atoms with van der Waals surface area (Å²) >= 11 is 0. The van der Waals surface area contributed by atoms with Gasteiger partial charge >= 0.3 is 6.18 Å². The van der Waals surface area contributed by atoms with E-state index in [1.165, 1.54) is 19.2 Å². The molecule has 2 aromatic carbocycles. The fourth-order valence-corrected chi connectivity index (χ4v) is 1.97. The smallest absolute Gasteiger partial charge is 0.416 e. The maximum absolute atomic E-state index is 12.5. The summed E-state index contributed by atoms with van der Waals surface area (Å²) in [6, 6.07) is 7.67. The van der Waals surface area contributed by atoms with Crippen LogP contribution in [0.4, 0.5) is 24.5 Å². The lowest BCUT2D eigenvalue weighted by Crippen LogP contribution is -2.20. The van der Waals surface area contributed by atoms with Crippen LogP contribution in [0.3, 0.4) is 0 Å². The van der Waals surface area contributed by atoms with Gasteiger partial charge in [-0.1, -0.05) is 0 Å². The van der Waals surface area contributed by atoms with Crippen LogP contribution in [0.25, 0.3) is 0 Å². The first-order valence-electron chi connectivity index (χ1n) is 7.13. The quantitative estimate of drug-likeness (QED) is 0.619. The van der Waals surface area contributed by atoms with Crippen molar-refractivity contribution in [2.45, 2.75) is 6.18 Å². The van der Waals surface area contributed by atoms with Crippen molar-refractivity contribution in [2.24, 2.45) is 0 Å². The summed E-state index contributed by atoms with van der Waals surface area (Å²) in [6.45, 7) is -0.533. The molecule has 138 valence electrons. The number of hydrogen-bond donors (Lipinski definition) is 1. The van der Waals surface area contributed by atoms with Crippen molar-refractivity contribution in [3.63, 3.8) is 0 Å². The predicted octanol–water partition coefficient (Wildman–Crippen LogP) is 3.64. The summed E-state index contributed by atoms with van der Waals surface area (Å²) < 4.78 is 47.4. The van der Waals surface area contributed by atoms with Crippen molar-refractivity contribution in [1.82, 2.24) is 0 Å². The summed E-state index contributed by atoms with van der Waals surface area (Å²) in [4.78, 5) is 22.2. The van der Waals surface area contributed by atoms with Crippen LogP contribution in [-0.4, -0.2) is 24.5 Å². The number of benzene rings is 2. The number of carbonyl (C=O) groups is 1. The first-order chi connectivity index (χ1) is 12.2. The molecule has 0 bridgehead atoms. The molecule has 1 N–H and O–H groups in total. The van der Waals surface area contributed by atoms with Crippen LogP contribution in [0.15, 0.2) is 42.5 Å². The van der Waals surface area contributed by atoms with Gasteiger partial charge in [0.25, 0.3) is 11.6 Å². The van der Waals surface area contributed by atoms with Crippen LogP contribution in [0.1, 0.15) is 5.56 Å². The zero-order chi connectivity index (χ0) is 19.3. The number of ether oxygens (including phenoxy) is 2. The second-order valence-electron chi connectivity index (χ2n) is 5.00. The number of nitro benzene ring substituents is 1. The fourth-order valence-electron chi connectivity index (χ4n) is 1.97. The first-order valence-corrected chi connectivity index (χ1v) is 7.13. The lowest BCUT2D eigenvalue weighted by atomic mass is 10.2. The van der Waals surface area contributed by atoms with Crippen LogP contribution in [-0.2, 0) is 11.0 Å². The zero-order valence-corrected chi connectivity index (χ0v) is 13.4. The molecule has 1 amide bonds. The largest absolute Gasteiger partial charge is 0.496 e. The molecule has 0 spiro atoms. The zero-order valence-electron chi connectivity index (χ0n) is 13.4. The van der Waals surface area contributed by atoms with Crippen molar-refractivity contribution < 1.29 is 32.4 Å². The number of amides is 1. The molecule has 2 aromatic rings. The average molecular weight is 370 g/mol. The molecule has 0 fully saturated rings. The highest BCUT2D eigenvalue weighted by molar-refractivity contribution is 5.94. The Hall–Kier alpha value is -3.30. The highest BCUT2D eigenvalue weighted by Crippen LogP contribution is 2.31. The van der Waals surface area contributed by atoms with Crippen LogP contribution >= 0.6 is 0 Å². The number of hydrogen-bond acceptors (Lipinski definition) is 5. The number of anilines is 1. The Kier molecular flexibility index (Phi) is 5.65. The van der Waals surface area contributed by atoms with Gasteiger partial charge in [-0.25, -0.2) is 0 Å². The molecule has 0 radical (unpaired) electrons. The van der Waals surface area contributed by atoms with E-state index in [9.17, 15) is 28.1 Å². The van der Waals surface area contributed by atoms with Gasteiger partial charge < -0.3 is 14.8 Å². The highest BCUT2D eigenvalue weighted by Gasteiger charge is 2.30. The van der Waals surface area contributed by atoms with E-state index in [2.05, 4.69) is 5.32 Å². The van der Waals surface area contributed by atoms with Crippen LogP contribution in [0.5, 0.6) is 11.5 Å². The van der Waals surface area contributed by atoms with Gasteiger partial charge in [-0.3, -0.25) is 14.9 Å². The molecule has 0 saturated carbocycles. The monoisotopic (exact) mass is 370 g/mol. The number of rotatable bonds is 6. The minimum atomic E-state index is -4.47. The van der Waals surface area contributed by atoms with Crippen molar-refractivity contribution in [3.05, 3.63) is 58.1 Å². The topological polar surface area (TPSA) is 90.7 Å². The van der Waals surface area contributed by atoms with Gasteiger partial charge in [0.1, 0.15) is 17.2 Å². The molecule has 0 heterocycles. The molecule has 0 aliphatic heterocycles. The van der Waals surface area contributed by atoms with Gasteiger partial charge in [-0.2, -0.15) is 13.2 Å². The van der Waals surface area contributed by atoms with E-state index in [-0.39, 0.29) is 22.9 Å². The molecule has 10 heteroatoms. The summed E-state index contributed by atoms with van der Waals surface area (Å²) in [5, 5.41) is 13.3. The van der Waals surface area contributed by atoms with Crippen LogP contribution in [0, 0.1) is 10.1 Å². The molecule has 7 nitrogen and oxygen atoms in total. The van der Waals surface area contributed by atoms with E-state index in [1.807, 2.05) is 0 Å². The SMILES string of the molecule is COc1ccc(NC(=O)COc2ccc(C(F)(F)F)cc2)c([N+](=O)[O-])c1. The number of halogens is 3. The molecule has 0 atom stereocenters. The van der Waals surface area contributed by atoms with Crippen LogP contribution < -0.4 is 14.8 Å². The summed E-state index contributed by atoms with van der Waals surface area (Å²) in [5.74, 6) is -0.411. The maximum atomic E-state index is 12.5. The Morgan fingerprint density at radius 1 is 1.15 bits per heavy atom. The molecule has 26 heavy (non-hydrogen) atoms. The third kappa shape index (κ3) is 4.85. The summed E-state index contributed by atoms with van der Waals surface area (Å²) in [6.07, 6.45) is -4.47. The Morgan fingerprint density at radius 3 is 2.31 bits per heavy atom. The first kappa shape index (κ1) is 19.0. The fraction of sp³-hybridized carbons (Fsp3) is 0.188. The Balaban J connectivity index is 2.00. The lowest BCUT2D eigenvalue weighted by molar-refractivity contribution is -0.384. The number of carbonyl (C=O) groups excluding carboxylic acids is 1. The third-order valence-corrected chi connectivity index (χ3v) is 3.23. The van der Waals surface area contributed by atoms with Crippen LogP contribution in [0.2, 0.25) is 0 Å². The van der Waals surface area contributed by atoms with E-state index in [0.717, 1.165) is 30.3 Å². The van der Waals surface area contributed by atoms with E-state index < -0.39 is 29.2 Å². The van der Waals surface area contributed by atoms with E-state index in [4.69, 9.17) is 9.47 Å². The van der Waals surface area contributed by atoms with Gasteiger partial charge in [-0.05, 0) is 36.4 Å². The molecular formula is C16H13F3N2O5. The predicted molar refractivity (Wildman–Crippen MR) is 85.2 cm³/mol. The van der Waals surface area contributed by atoms with Crippen molar-refractivity contribution in [1.29, 1.82) is 0 Å². The normalized spacial score (nSPS) is 10.9. The van der Waals surface area contributed by atoms with Gasteiger partial charge in [0.2, 0.25) is 0 Å². The Morgan fingerprint density at radius 2 is 1.77 bits per heavy atom. The number of nitrogens with zero attached hydrogens (tertiary/aromatic N) is 1. The Bertz CT molecular complexity index is 807. The average Bonchev–Trinajstić information content (AvgIpc) is 2.59. The van der Waals surface area contributed by atoms with Crippen molar-refractivity contribution in [3.8, 4) is 11.5 Å². The molecule has 2 rings (SSSR count). The second kappa shape index (κ2) is 7.72. The van der Waals surface area contributed by atoms with Gasteiger partial charge in [0, 0.05) is 0 Å². The van der Waals surface area contributed by atoms with E-state index in [1.54, 1.807) is 0 Å². The molecule has 0 saturated heterocycles. The number of nitro groups is 1. The lowest BCUT2D eigenvalue weighted by Gasteiger charge is -2.10. The third-order valence-electron chi connectivity index (χ3n) is 3.23. The van der Waals surface area contributed by atoms with Gasteiger partial charge in [0.15, 0.2) is 6.61 Å². The van der Waals surface area contributed by atoms with Gasteiger partial charge in [0.05, 0.1) is 23.7 Å². The molecule has 0 aromatic heterocycles. The molecular weight excluding hydrogens is 357 g/mol. The van der Waals surface area contributed by atoms with Crippen molar-refractivity contribution >= 4 is 17.3 Å².